The molecule has 2 aliphatic rings. The molecule has 2 aromatic rings. The maximum atomic E-state index is 12.6. The number of rotatable bonds is 3. The van der Waals surface area contributed by atoms with E-state index in [-0.39, 0.29) is 11.9 Å². The van der Waals surface area contributed by atoms with Crippen molar-refractivity contribution in [2.24, 2.45) is 7.05 Å². The van der Waals surface area contributed by atoms with Crippen LogP contribution < -0.4 is 10.6 Å². The van der Waals surface area contributed by atoms with E-state index < -0.39 is 0 Å². The Labute approximate surface area is 129 Å². The van der Waals surface area contributed by atoms with Gasteiger partial charge in [-0.25, -0.2) is 0 Å². The van der Waals surface area contributed by atoms with Gasteiger partial charge in [0.15, 0.2) is 0 Å². The molecule has 2 saturated heterocycles. The SMILES string of the molecule is Cn1c(C(=O)N[C@@H]2C[C@H]3CC[C@@H]2N3)ccc1-c1ccncc1. The molecule has 22 heavy (non-hydrogen) atoms. The lowest BCUT2D eigenvalue weighted by Gasteiger charge is -2.21. The molecule has 4 rings (SSSR count). The molecule has 4 heterocycles. The summed E-state index contributed by atoms with van der Waals surface area (Å²) in [5.41, 5.74) is 2.80. The second kappa shape index (κ2) is 5.25. The Hall–Kier alpha value is -2.14. The lowest BCUT2D eigenvalue weighted by atomic mass is 9.95. The molecule has 2 fully saturated rings. The van der Waals surface area contributed by atoms with Crippen molar-refractivity contribution in [1.29, 1.82) is 0 Å². The van der Waals surface area contributed by atoms with Gasteiger partial charge in [0.25, 0.3) is 5.91 Å². The summed E-state index contributed by atoms with van der Waals surface area (Å²) in [5.74, 6) is 0.0159. The van der Waals surface area contributed by atoms with E-state index in [0.717, 1.165) is 17.7 Å². The Morgan fingerprint density at radius 1 is 1.27 bits per heavy atom. The fourth-order valence-electron chi connectivity index (χ4n) is 3.78. The molecule has 1 amide bonds. The van der Waals surface area contributed by atoms with Crippen molar-refractivity contribution >= 4 is 5.91 Å². The van der Waals surface area contributed by atoms with Crippen molar-refractivity contribution < 1.29 is 4.79 Å². The highest BCUT2D eigenvalue weighted by Crippen LogP contribution is 2.28. The van der Waals surface area contributed by atoms with Crippen molar-refractivity contribution in [3.05, 3.63) is 42.4 Å². The van der Waals surface area contributed by atoms with Gasteiger partial charge in [0.2, 0.25) is 0 Å². The van der Waals surface area contributed by atoms with Gasteiger partial charge in [-0.1, -0.05) is 0 Å². The quantitative estimate of drug-likeness (QED) is 0.906. The van der Waals surface area contributed by atoms with E-state index in [9.17, 15) is 4.79 Å². The van der Waals surface area contributed by atoms with Crippen molar-refractivity contribution in [1.82, 2.24) is 20.2 Å². The molecule has 2 N–H and O–H groups in total. The minimum absolute atomic E-state index is 0.0159. The number of pyridine rings is 1. The highest BCUT2D eigenvalue weighted by Gasteiger charge is 2.39. The van der Waals surface area contributed by atoms with Gasteiger partial charge in [0.1, 0.15) is 5.69 Å². The third-order valence-electron chi connectivity index (χ3n) is 4.95. The zero-order valence-electron chi connectivity index (χ0n) is 12.6. The molecule has 2 aliphatic heterocycles. The molecule has 0 radical (unpaired) electrons. The van der Waals surface area contributed by atoms with E-state index in [1.807, 2.05) is 35.9 Å². The van der Waals surface area contributed by atoms with E-state index in [4.69, 9.17) is 0 Å². The molecule has 0 unspecified atom stereocenters. The number of hydrogen-bond acceptors (Lipinski definition) is 3. The predicted octanol–water partition coefficient (Wildman–Crippen LogP) is 1.71. The second-order valence-corrected chi connectivity index (χ2v) is 6.26. The summed E-state index contributed by atoms with van der Waals surface area (Å²) < 4.78 is 1.95. The molecule has 5 nitrogen and oxygen atoms in total. The number of nitrogens with zero attached hydrogens (tertiary/aromatic N) is 2. The van der Waals surface area contributed by atoms with Gasteiger partial charge >= 0.3 is 0 Å². The summed E-state index contributed by atoms with van der Waals surface area (Å²) in [6.07, 6.45) is 7.00. The van der Waals surface area contributed by atoms with Crippen LogP contribution in [0.2, 0.25) is 0 Å². The van der Waals surface area contributed by atoms with Crippen LogP contribution in [0.5, 0.6) is 0 Å². The van der Waals surface area contributed by atoms with Crippen molar-refractivity contribution in [2.45, 2.75) is 37.4 Å². The van der Waals surface area contributed by atoms with Crippen LogP contribution in [0.4, 0.5) is 0 Å². The molecule has 2 aromatic heterocycles. The normalized spacial score (nSPS) is 26.3. The molecule has 3 atom stereocenters. The van der Waals surface area contributed by atoms with Gasteiger partial charge in [-0.3, -0.25) is 9.78 Å². The summed E-state index contributed by atoms with van der Waals surface area (Å²) >= 11 is 0. The zero-order valence-corrected chi connectivity index (χ0v) is 12.6. The lowest BCUT2D eigenvalue weighted by Crippen LogP contribution is -2.43. The van der Waals surface area contributed by atoms with Crippen LogP contribution in [0.1, 0.15) is 29.8 Å². The molecule has 5 heteroatoms. The molecule has 0 aliphatic carbocycles. The second-order valence-electron chi connectivity index (χ2n) is 6.26. The molecule has 0 aromatic carbocycles. The van der Waals surface area contributed by atoms with Crippen molar-refractivity contribution in [3.63, 3.8) is 0 Å². The Morgan fingerprint density at radius 2 is 2.09 bits per heavy atom. The van der Waals surface area contributed by atoms with Crippen LogP contribution >= 0.6 is 0 Å². The Morgan fingerprint density at radius 3 is 2.77 bits per heavy atom. The summed E-state index contributed by atoms with van der Waals surface area (Å²) in [6, 6.07) is 9.11. The van der Waals surface area contributed by atoms with Gasteiger partial charge < -0.3 is 15.2 Å². The maximum absolute atomic E-state index is 12.6. The van der Waals surface area contributed by atoms with Crippen molar-refractivity contribution in [3.8, 4) is 11.3 Å². The van der Waals surface area contributed by atoms with Crippen LogP contribution in [0.25, 0.3) is 11.3 Å². The first-order chi connectivity index (χ1) is 10.7. The van der Waals surface area contributed by atoms with Gasteiger partial charge in [-0.2, -0.15) is 0 Å². The average molecular weight is 296 g/mol. The Balaban J connectivity index is 1.53. The summed E-state index contributed by atoms with van der Waals surface area (Å²) in [7, 11) is 1.93. The van der Waals surface area contributed by atoms with Gasteiger partial charge in [-0.15, -0.1) is 0 Å². The minimum atomic E-state index is 0.0159. The number of fused-ring (bicyclic) bond motifs is 2. The maximum Gasteiger partial charge on any atom is 0.268 e. The largest absolute Gasteiger partial charge is 0.346 e. The standard InChI is InChI=1S/C17H20N4O/c1-21-15(11-6-8-18-9-7-11)4-5-16(21)17(22)20-14-10-12-2-3-13(14)19-12/h4-9,12-14,19H,2-3,10H2,1H3,(H,20,22)/t12-,13+,14-/m1/s1. The van der Waals surface area contributed by atoms with Crippen LogP contribution in [0.15, 0.2) is 36.7 Å². The summed E-state index contributed by atoms with van der Waals surface area (Å²) in [6.45, 7) is 0. The van der Waals surface area contributed by atoms with Crippen LogP contribution in [-0.2, 0) is 7.05 Å². The zero-order chi connectivity index (χ0) is 15.1. The first-order valence-electron chi connectivity index (χ1n) is 7.85. The first-order valence-corrected chi connectivity index (χ1v) is 7.85. The highest BCUT2D eigenvalue weighted by atomic mass is 16.2. The Kier molecular flexibility index (Phi) is 3.22. The fraction of sp³-hybridized carbons (Fsp3) is 0.412. The van der Waals surface area contributed by atoms with Crippen LogP contribution in [0, 0.1) is 0 Å². The monoisotopic (exact) mass is 296 g/mol. The molecular weight excluding hydrogens is 276 g/mol. The molecule has 114 valence electrons. The molecule has 0 spiro atoms. The lowest BCUT2D eigenvalue weighted by molar-refractivity contribution is 0.0923. The number of carbonyl (C=O) groups is 1. The number of hydrogen-bond donors (Lipinski definition) is 2. The smallest absolute Gasteiger partial charge is 0.268 e. The van der Waals surface area contributed by atoms with E-state index in [2.05, 4.69) is 15.6 Å². The Bertz CT molecular complexity index is 694. The van der Waals surface area contributed by atoms with Gasteiger partial charge in [0, 0.05) is 48.8 Å². The fourth-order valence-corrected chi connectivity index (χ4v) is 3.78. The number of amides is 1. The first kappa shape index (κ1) is 13.5. The van der Waals surface area contributed by atoms with Crippen LogP contribution in [0.3, 0.4) is 0 Å². The van der Waals surface area contributed by atoms with E-state index in [0.29, 0.717) is 17.8 Å². The van der Waals surface area contributed by atoms with E-state index in [1.54, 1.807) is 12.4 Å². The van der Waals surface area contributed by atoms with E-state index >= 15 is 0 Å². The van der Waals surface area contributed by atoms with Crippen LogP contribution in [-0.4, -0.2) is 33.6 Å². The topological polar surface area (TPSA) is 59.0 Å². The predicted molar refractivity (Wildman–Crippen MR) is 84.5 cm³/mol. The molecule has 2 bridgehead atoms. The van der Waals surface area contributed by atoms with Crippen molar-refractivity contribution in [2.75, 3.05) is 0 Å². The third kappa shape index (κ3) is 2.22. The number of carbonyl (C=O) groups excluding carboxylic acids is 1. The minimum Gasteiger partial charge on any atom is -0.346 e. The number of nitrogens with one attached hydrogen (secondary N) is 2. The molecule has 0 saturated carbocycles. The molecular formula is C17H20N4O. The van der Waals surface area contributed by atoms with Gasteiger partial charge in [0.05, 0.1) is 0 Å². The average Bonchev–Trinajstić information content (AvgIpc) is 3.23. The third-order valence-corrected chi connectivity index (χ3v) is 4.95. The summed E-state index contributed by atoms with van der Waals surface area (Å²) in [4.78, 5) is 16.6. The van der Waals surface area contributed by atoms with Gasteiger partial charge in [-0.05, 0) is 43.5 Å². The van der Waals surface area contributed by atoms with E-state index in [1.165, 1.54) is 12.8 Å². The summed E-state index contributed by atoms with van der Waals surface area (Å²) in [5, 5.41) is 6.75. The highest BCUT2D eigenvalue weighted by molar-refractivity contribution is 5.94. The number of aromatic nitrogens is 2.